The van der Waals surface area contributed by atoms with E-state index in [0.29, 0.717) is 23.3 Å². The third-order valence-corrected chi connectivity index (χ3v) is 2.63. The number of benzene rings is 1. The van der Waals surface area contributed by atoms with E-state index in [-0.39, 0.29) is 5.75 Å². The van der Waals surface area contributed by atoms with Gasteiger partial charge in [0.2, 0.25) is 0 Å². The van der Waals surface area contributed by atoms with Crippen molar-refractivity contribution < 1.29 is 19.1 Å². The zero-order valence-electron chi connectivity index (χ0n) is 10.3. The molecular weight excluding hydrogens is 232 g/mol. The number of furan rings is 1. The number of carbonyl (C=O) groups excluding carboxylic acids is 1. The lowest BCUT2D eigenvalue weighted by atomic mass is 10.1. The number of esters is 1. The molecule has 0 amide bonds. The number of rotatable bonds is 3. The number of hydrogen-bond donors (Lipinski definition) is 1. The van der Waals surface area contributed by atoms with Gasteiger partial charge in [-0.2, -0.15) is 0 Å². The molecule has 1 aromatic heterocycles. The highest BCUT2D eigenvalue weighted by molar-refractivity contribution is 5.92. The van der Waals surface area contributed by atoms with Crippen molar-refractivity contribution in [2.24, 2.45) is 0 Å². The second kappa shape index (κ2) is 4.96. The van der Waals surface area contributed by atoms with Crippen molar-refractivity contribution in [2.45, 2.75) is 13.8 Å². The summed E-state index contributed by atoms with van der Waals surface area (Å²) in [5.41, 5.74) is 1.39. The van der Waals surface area contributed by atoms with E-state index in [0.717, 1.165) is 5.56 Å². The van der Waals surface area contributed by atoms with Crippen molar-refractivity contribution >= 4 is 23.0 Å². The first-order valence-corrected chi connectivity index (χ1v) is 5.69. The fourth-order valence-corrected chi connectivity index (χ4v) is 1.79. The molecule has 0 unspecified atom stereocenters. The summed E-state index contributed by atoms with van der Waals surface area (Å²) >= 11 is 0. The fraction of sp³-hybridized carbons (Fsp3) is 0.214. The van der Waals surface area contributed by atoms with Crippen molar-refractivity contribution in [3.8, 4) is 5.75 Å². The van der Waals surface area contributed by atoms with E-state index in [2.05, 4.69) is 0 Å². The van der Waals surface area contributed by atoms with Crippen molar-refractivity contribution in [3.05, 3.63) is 35.6 Å². The first-order valence-electron chi connectivity index (χ1n) is 5.69. The van der Waals surface area contributed by atoms with Crippen LogP contribution in [-0.4, -0.2) is 17.7 Å². The molecule has 2 aromatic rings. The molecule has 4 heteroatoms. The van der Waals surface area contributed by atoms with Gasteiger partial charge in [0, 0.05) is 11.6 Å². The standard InChI is InChI=1S/C14H14O4/c1-3-17-13(16)8-7-11-9(2)14-10(15)5-4-6-12(14)18-11/h4-8,15H,3H2,1-2H3. The number of carbonyl (C=O) groups is 1. The predicted molar refractivity (Wildman–Crippen MR) is 68.3 cm³/mol. The fourth-order valence-electron chi connectivity index (χ4n) is 1.79. The third-order valence-electron chi connectivity index (χ3n) is 2.63. The largest absolute Gasteiger partial charge is 0.507 e. The van der Waals surface area contributed by atoms with Crippen molar-refractivity contribution in [3.63, 3.8) is 0 Å². The topological polar surface area (TPSA) is 59.7 Å². The summed E-state index contributed by atoms with van der Waals surface area (Å²) in [4.78, 5) is 11.2. The van der Waals surface area contributed by atoms with Gasteiger partial charge >= 0.3 is 5.97 Å². The maximum Gasteiger partial charge on any atom is 0.330 e. The van der Waals surface area contributed by atoms with Gasteiger partial charge in [-0.15, -0.1) is 0 Å². The van der Waals surface area contributed by atoms with Gasteiger partial charge in [-0.3, -0.25) is 0 Å². The van der Waals surface area contributed by atoms with Gasteiger partial charge in [-0.25, -0.2) is 4.79 Å². The number of aryl methyl sites for hydroxylation is 1. The van der Waals surface area contributed by atoms with Crippen LogP contribution >= 0.6 is 0 Å². The molecule has 0 saturated heterocycles. The molecule has 4 nitrogen and oxygen atoms in total. The predicted octanol–water partition coefficient (Wildman–Crippen LogP) is 3.02. The maximum absolute atomic E-state index is 11.2. The van der Waals surface area contributed by atoms with E-state index in [1.807, 2.05) is 6.92 Å². The average molecular weight is 246 g/mol. The summed E-state index contributed by atoms with van der Waals surface area (Å²) in [6.07, 6.45) is 2.86. The minimum atomic E-state index is -0.415. The number of phenolic OH excluding ortho intramolecular Hbond substituents is 1. The zero-order chi connectivity index (χ0) is 13.1. The second-order valence-electron chi connectivity index (χ2n) is 3.83. The Hall–Kier alpha value is -2.23. The Balaban J connectivity index is 2.38. The van der Waals surface area contributed by atoms with Crippen LogP contribution in [0, 0.1) is 6.92 Å². The average Bonchev–Trinajstić information content (AvgIpc) is 2.65. The number of aromatic hydroxyl groups is 1. The summed E-state index contributed by atoms with van der Waals surface area (Å²) in [7, 11) is 0. The Labute approximate surface area is 104 Å². The van der Waals surface area contributed by atoms with Crippen LogP contribution in [0.2, 0.25) is 0 Å². The Bertz CT molecular complexity index is 608. The molecule has 1 N–H and O–H groups in total. The molecule has 0 aliphatic carbocycles. The van der Waals surface area contributed by atoms with Gasteiger partial charge in [0.1, 0.15) is 17.1 Å². The number of phenols is 1. The molecule has 0 aliphatic rings. The highest BCUT2D eigenvalue weighted by atomic mass is 16.5. The van der Waals surface area contributed by atoms with Crippen LogP contribution in [0.5, 0.6) is 5.75 Å². The van der Waals surface area contributed by atoms with Crippen LogP contribution < -0.4 is 0 Å². The van der Waals surface area contributed by atoms with E-state index in [4.69, 9.17) is 9.15 Å². The third kappa shape index (κ3) is 2.22. The van der Waals surface area contributed by atoms with E-state index >= 15 is 0 Å². The van der Waals surface area contributed by atoms with Crippen molar-refractivity contribution in [2.75, 3.05) is 6.61 Å². The molecule has 1 aromatic carbocycles. The highest BCUT2D eigenvalue weighted by Crippen LogP contribution is 2.32. The van der Waals surface area contributed by atoms with Crippen LogP contribution in [0.1, 0.15) is 18.2 Å². The molecule has 0 fully saturated rings. The number of hydrogen-bond acceptors (Lipinski definition) is 4. The van der Waals surface area contributed by atoms with E-state index in [1.165, 1.54) is 6.08 Å². The van der Waals surface area contributed by atoms with Crippen LogP contribution in [0.25, 0.3) is 17.0 Å². The van der Waals surface area contributed by atoms with E-state index in [9.17, 15) is 9.90 Å². The minimum absolute atomic E-state index is 0.171. The van der Waals surface area contributed by atoms with Gasteiger partial charge in [0.05, 0.1) is 12.0 Å². The lowest BCUT2D eigenvalue weighted by Crippen LogP contribution is -1.98. The molecule has 2 rings (SSSR count). The Morgan fingerprint density at radius 2 is 2.28 bits per heavy atom. The van der Waals surface area contributed by atoms with Gasteiger partial charge in [-0.05, 0) is 32.1 Å². The maximum atomic E-state index is 11.2. The number of fused-ring (bicyclic) bond motifs is 1. The summed E-state index contributed by atoms with van der Waals surface area (Å²) in [6, 6.07) is 5.08. The second-order valence-corrected chi connectivity index (χ2v) is 3.83. The van der Waals surface area contributed by atoms with E-state index < -0.39 is 5.97 Å². The molecule has 1 heterocycles. The highest BCUT2D eigenvalue weighted by Gasteiger charge is 2.11. The molecule has 0 spiro atoms. The SMILES string of the molecule is CCOC(=O)C=Cc1oc2cccc(O)c2c1C. The molecule has 0 saturated carbocycles. The van der Waals surface area contributed by atoms with Gasteiger partial charge in [0.15, 0.2) is 0 Å². The normalized spacial score (nSPS) is 11.2. The lowest BCUT2D eigenvalue weighted by molar-refractivity contribution is -0.137. The minimum Gasteiger partial charge on any atom is -0.507 e. The zero-order valence-corrected chi connectivity index (χ0v) is 10.3. The molecule has 18 heavy (non-hydrogen) atoms. The monoisotopic (exact) mass is 246 g/mol. The summed E-state index contributed by atoms with van der Waals surface area (Å²) in [6.45, 7) is 3.91. The molecular formula is C14H14O4. The molecule has 94 valence electrons. The first-order chi connectivity index (χ1) is 8.63. The summed E-state index contributed by atoms with van der Waals surface area (Å²) in [5, 5.41) is 10.4. The lowest BCUT2D eigenvalue weighted by Gasteiger charge is -1.94. The van der Waals surface area contributed by atoms with Gasteiger partial charge < -0.3 is 14.3 Å². The number of ether oxygens (including phenoxy) is 1. The van der Waals surface area contributed by atoms with Gasteiger partial charge in [0.25, 0.3) is 0 Å². The van der Waals surface area contributed by atoms with E-state index in [1.54, 1.807) is 31.2 Å². The van der Waals surface area contributed by atoms with Crippen LogP contribution in [-0.2, 0) is 9.53 Å². The Morgan fingerprint density at radius 3 is 2.94 bits per heavy atom. The summed E-state index contributed by atoms with van der Waals surface area (Å²) in [5.74, 6) is 0.297. The first kappa shape index (κ1) is 12.2. The molecule has 0 radical (unpaired) electrons. The quantitative estimate of drug-likeness (QED) is 0.668. The van der Waals surface area contributed by atoms with Crippen LogP contribution in [0.3, 0.4) is 0 Å². The van der Waals surface area contributed by atoms with Gasteiger partial charge in [-0.1, -0.05) is 6.07 Å². The smallest absolute Gasteiger partial charge is 0.330 e. The van der Waals surface area contributed by atoms with Crippen LogP contribution in [0.4, 0.5) is 0 Å². The molecule has 0 bridgehead atoms. The van der Waals surface area contributed by atoms with Crippen LogP contribution in [0.15, 0.2) is 28.7 Å². The Morgan fingerprint density at radius 1 is 1.50 bits per heavy atom. The summed E-state index contributed by atoms with van der Waals surface area (Å²) < 4.78 is 10.3. The Kier molecular flexibility index (Phi) is 3.37. The van der Waals surface area contributed by atoms with Crippen molar-refractivity contribution in [1.82, 2.24) is 0 Å². The molecule has 0 atom stereocenters. The van der Waals surface area contributed by atoms with Crippen molar-refractivity contribution in [1.29, 1.82) is 0 Å². The molecule has 0 aliphatic heterocycles.